The third kappa shape index (κ3) is 9.81. The fourth-order valence-corrected chi connectivity index (χ4v) is 11.6. The van der Waals surface area contributed by atoms with Crippen molar-refractivity contribution in [1.29, 1.82) is 0 Å². The minimum absolute atomic E-state index is 0.0251. The Morgan fingerprint density at radius 1 is 0.952 bits per heavy atom. The minimum atomic E-state index is -4.79. The van der Waals surface area contributed by atoms with Crippen molar-refractivity contribution in [2.75, 3.05) is 58.5 Å². The van der Waals surface area contributed by atoms with E-state index in [2.05, 4.69) is 33.1 Å². The normalized spacial score (nSPS) is 34.6. The molecule has 7 aliphatic heterocycles. The quantitative estimate of drug-likeness (QED) is 0.0606. The molecule has 1 saturated carbocycles. The Labute approximate surface area is 368 Å². The number of carbonyl (C=O) groups is 3. The van der Waals surface area contributed by atoms with Crippen LogP contribution in [0.2, 0.25) is 0 Å². The van der Waals surface area contributed by atoms with Crippen LogP contribution < -0.4 is 20.7 Å². The molecule has 1 aromatic carbocycles. The van der Waals surface area contributed by atoms with Crippen molar-refractivity contribution >= 4 is 29.7 Å². The maximum atomic E-state index is 14.0. The van der Waals surface area contributed by atoms with Gasteiger partial charge in [-0.25, -0.2) is 19.4 Å². The lowest BCUT2D eigenvalue weighted by atomic mass is 9.58. The maximum Gasteiger partial charge on any atom is 0.442 e. The van der Waals surface area contributed by atoms with Crippen LogP contribution in [0.3, 0.4) is 0 Å². The molecule has 17 nitrogen and oxygen atoms in total. The van der Waals surface area contributed by atoms with Gasteiger partial charge in [-0.05, 0) is 63.0 Å². The number of ether oxygens (including phenoxy) is 7. The highest BCUT2D eigenvalue weighted by atomic mass is 32.2. The van der Waals surface area contributed by atoms with Crippen molar-refractivity contribution < 1.29 is 70.5 Å². The van der Waals surface area contributed by atoms with Crippen molar-refractivity contribution in [3.05, 3.63) is 29.3 Å². The number of nitrogens with zero attached hydrogens (tertiary/aromatic N) is 2. The van der Waals surface area contributed by atoms with E-state index in [9.17, 15) is 27.6 Å². The molecule has 9 rings (SSSR count). The van der Waals surface area contributed by atoms with Gasteiger partial charge in [0.05, 0.1) is 51.7 Å². The van der Waals surface area contributed by atoms with E-state index >= 15 is 0 Å². The van der Waals surface area contributed by atoms with Gasteiger partial charge in [0.2, 0.25) is 18.0 Å². The summed E-state index contributed by atoms with van der Waals surface area (Å²) in [5, 5.41) is 15.8. The number of halogens is 3. The van der Waals surface area contributed by atoms with E-state index in [1.54, 1.807) is 6.92 Å². The van der Waals surface area contributed by atoms with Crippen LogP contribution in [-0.2, 0) is 48.7 Å². The number of rotatable bonds is 21. The summed E-state index contributed by atoms with van der Waals surface area (Å²) in [6.45, 7) is 7.65. The van der Waals surface area contributed by atoms with E-state index in [4.69, 9.17) is 42.9 Å². The van der Waals surface area contributed by atoms with Gasteiger partial charge in [-0.3, -0.25) is 4.79 Å². The maximum absolute atomic E-state index is 14.0. The number of unbranched alkanes of at least 4 members (excludes halogenated alkanes) is 1. The second kappa shape index (κ2) is 19.3. The molecule has 0 aromatic heterocycles. The van der Waals surface area contributed by atoms with Gasteiger partial charge in [0.15, 0.2) is 11.9 Å². The molecule has 3 N–H and O–H groups in total. The SMILES string of the molecule is C[C@H]1[C@@H](OC(=O)c2ccc(C3(C(F)(F)F)N=N3)cc2OCCOCCOCCOCCNC(=O)CCCC[C@@H]2SC[C@H]3NC(=O)N[C@H]23)O[C@@H]2O[C@@]3(C)CC[C@H]4[C@H](C)CC[C@@H]1[C@@]24OO3. The van der Waals surface area contributed by atoms with Gasteiger partial charge in [0.1, 0.15) is 17.9 Å². The molecule has 8 aliphatic rings. The number of thioether (sulfide) groups is 1. The Hall–Kier alpha value is -3.31. The van der Waals surface area contributed by atoms with Crippen LogP contribution in [0.25, 0.3) is 0 Å². The fraction of sp³-hybridized carbons (Fsp3) is 0.786. The largest absolute Gasteiger partial charge is 0.490 e. The summed E-state index contributed by atoms with van der Waals surface area (Å²) in [6.07, 6.45) is -0.431. The molecule has 63 heavy (non-hydrogen) atoms. The van der Waals surface area contributed by atoms with Gasteiger partial charge >= 0.3 is 23.8 Å². The highest BCUT2D eigenvalue weighted by Crippen LogP contribution is 2.61. The summed E-state index contributed by atoms with van der Waals surface area (Å²) in [5.74, 6) is -1.13. The number of esters is 1. The molecular weight excluding hydrogens is 856 g/mol. The number of carbonyl (C=O) groups excluding carboxylic acids is 3. The zero-order chi connectivity index (χ0) is 44.4. The third-order valence-corrected chi connectivity index (χ3v) is 15.0. The standard InChI is InChI=1S/C42H58F3N5O12S/c1-24-8-11-29-25(2)36(59-37-40(29)28(24)12-13-39(3,60-37)61-62-40)58-35(52)27-10-9-26(41(49-50-41)42(43,44)45)22-31(27)57-21-20-56-19-18-55-17-16-54-15-14-46-33(51)7-5-4-6-32-34-30(23-63-32)47-38(53)48-34/h9-10,22,24-25,28-30,32,34,36-37H,4-8,11-21,23H2,1-3H3,(H,46,51)(H2,47,48,53)/t24-,25-,28+,29+,30-,32+,34+,36+,37-,39-,40-/m1/s1. The van der Waals surface area contributed by atoms with Crippen molar-refractivity contribution in [2.24, 2.45) is 33.9 Å². The first-order valence-electron chi connectivity index (χ1n) is 22.1. The molecule has 21 heteroatoms. The Kier molecular flexibility index (Phi) is 14.1. The molecule has 2 bridgehead atoms. The van der Waals surface area contributed by atoms with Gasteiger partial charge in [0.25, 0.3) is 0 Å². The highest BCUT2D eigenvalue weighted by Gasteiger charge is 2.70. The van der Waals surface area contributed by atoms with Crippen molar-refractivity contribution in [2.45, 2.75) is 125 Å². The average molecular weight is 914 g/mol. The Morgan fingerprint density at radius 2 is 1.70 bits per heavy atom. The number of urea groups is 1. The molecule has 1 spiro atoms. The topological polar surface area (TPSA) is 195 Å². The van der Waals surface area contributed by atoms with Crippen LogP contribution >= 0.6 is 11.8 Å². The summed E-state index contributed by atoms with van der Waals surface area (Å²) in [6, 6.07) is 3.75. The number of hydrogen-bond donors (Lipinski definition) is 3. The van der Waals surface area contributed by atoms with E-state index < -0.39 is 41.8 Å². The van der Waals surface area contributed by atoms with Crippen LogP contribution in [0.5, 0.6) is 5.75 Å². The molecule has 7 fully saturated rings. The molecule has 3 amide bonds. The second-order valence-corrected chi connectivity index (χ2v) is 18.9. The first kappa shape index (κ1) is 46.2. The third-order valence-electron chi connectivity index (χ3n) is 13.5. The van der Waals surface area contributed by atoms with Crippen molar-refractivity contribution in [1.82, 2.24) is 16.0 Å². The summed E-state index contributed by atoms with van der Waals surface area (Å²) >= 11 is 1.87. The van der Waals surface area contributed by atoms with Crippen LogP contribution in [0.15, 0.2) is 28.4 Å². The zero-order valence-electron chi connectivity index (χ0n) is 35.8. The zero-order valence-corrected chi connectivity index (χ0v) is 36.6. The lowest BCUT2D eigenvalue weighted by molar-refractivity contribution is -0.576. The first-order chi connectivity index (χ1) is 30.2. The lowest BCUT2D eigenvalue weighted by Gasteiger charge is -2.59. The molecule has 1 aromatic rings. The lowest BCUT2D eigenvalue weighted by Crippen LogP contribution is -2.70. The Morgan fingerprint density at radius 3 is 2.44 bits per heavy atom. The molecule has 350 valence electrons. The number of amides is 3. The predicted molar refractivity (Wildman–Crippen MR) is 216 cm³/mol. The monoisotopic (exact) mass is 913 g/mol. The summed E-state index contributed by atoms with van der Waals surface area (Å²) in [5.41, 5.74) is -4.01. The van der Waals surface area contributed by atoms with Gasteiger partial charge in [-0.2, -0.15) is 24.9 Å². The number of nitrogens with one attached hydrogen (secondary N) is 3. The van der Waals surface area contributed by atoms with E-state index in [1.165, 1.54) is 6.07 Å². The Bertz CT molecular complexity index is 1840. The molecule has 0 radical (unpaired) electrons. The smallest absolute Gasteiger partial charge is 0.442 e. The molecule has 0 unspecified atom stereocenters. The summed E-state index contributed by atoms with van der Waals surface area (Å²) in [7, 11) is 0. The minimum Gasteiger partial charge on any atom is -0.490 e. The van der Waals surface area contributed by atoms with E-state index in [0.29, 0.717) is 50.4 Å². The van der Waals surface area contributed by atoms with Crippen LogP contribution in [0, 0.1) is 23.7 Å². The van der Waals surface area contributed by atoms with Gasteiger partial charge in [0, 0.05) is 47.8 Å². The molecule has 11 atom stereocenters. The number of benzene rings is 1. The number of fused-ring (bicyclic) bond motifs is 3. The highest BCUT2D eigenvalue weighted by molar-refractivity contribution is 8.00. The van der Waals surface area contributed by atoms with Crippen LogP contribution in [-0.4, -0.2) is 124 Å². The molecule has 7 heterocycles. The van der Waals surface area contributed by atoms with E-state index in [0.717, 1.165) is 56.4 Å². The first-order valence-corrected chi connectivity index (χ1v) is 23.2. The predicted octanol–water partition coefficient (Wildman–Crippen LogP) is 5.50. The average Bonchev–Trinajstić information content (AvgIpc) is 3.95. The van der Waals surface area contributed by atoms with E-state index in [1.807, 2.05) is 18.7 Å². The van der Waals surface area contributed by atoms with Crippen LogP contribution in [0.1, 0.15) is 88.1 Å². The molecule has 1 aliphatic carbocycles. The van der Waals surface area contributed by atoms with Gasteiger partial charge in [-0.1, -0.05) is 26.3 Å². The summed E-state index contributed by atoms with van der Waals surface area (Å²) in [4.78, 5) is 49.6. The second-order valence-electron chi connectivity index (χ2n) is 17.7. The summed E-state index contributed by atoms with van der Waals surface area (Å²) < 4.78 is 83.2. The fourth-order valence-electron chi connectivity index (χ4n) is 10.0. The number of alkyl halides is 3. The van der Waals surface area contributed by atoms with E-state index in [-0.39, 0.29) is 85.1 Å². The van der Waals surface area contributed by atoms with Crippen LogP contribution in [0.4, 0.5) is 18.0 Å². The molecular formula is C42H58F3N5O12S. The Balaban J connectivity index is 0.742. The van der Waals surface area contributed by atoms with Crippen molar-refractivity contribution in [3.63, 3.8) is 0 Å². The van der Waals surface area contributed by atoms with Crippen molar-refractivity contribution in [3.8, 4) is 5.75 Å². The van der Waals surface area contributed by atoms with Gasteiger partial charge in [-0.15, -0.1) is 10.2 Å². The number of hydrogen-bond acceptors (Lipinski definition) is 15. The van der Waals surface area contributed by atoms with Gasteiger partial charge < -0.3 is 49.1 Å². The molecule has 6 saturated heterocycles.